The number of rotatable bonds is 1. The standard InChI is InChI=1S/C13H13NS/c1-2-4-13-12(3-1)11(5-7-14-13)10-6-8-15-9-10/h1-4,6,8-9,11,14H,5,7H2. The molecule has 15 heavy (non-hydrogen) atoms. The second-order valence-corrected chi connectivity index (χ2v) is 4.69. The van der Waals surface area contributed by atoms with E-state index in [-0.39, 0.29) is 0 Å². The largest absolute Gasteiger partial charge is 0.385 e. The first kappa shape index (κ1) is 8.98. The van der Waals surface area contributed by atoms with E-state index in [9.17, 15) is 0 Å². The molecule has 1 unspecified atom stereocenters. The fourth-order valence-electron chi connectivity index (χ4n) is 2.29. The Kier molecular flexibility index (Phi) is 2.22. The van der Waals surface area contributed by atoms with Gasteiger partial charge in [-0.05, 0) is 40.4 Å². The topological polar surface area (TPSA) is 12.0 Å². The van der Waals surface area contributed by atoms with Gasteiger partial charge in [-0.15, -0.1) is 0 Å². The molecule has 1 aliphatic heterocycles. The van der Waals surface area contributed by atoms with Crippen molar-refractivity contribution in [1.29, 1.82) is 0 Å². The van der Waals surface area contributed by atoms with Crippen LogP contribution in [0.15, 0.2) is 41.1 Å². The number of hydrogen-bond acceptors (Lipinski definition) is 2. The number of anilines is 1. The molecule has 0 bridgehead atoms. The second kappa shape index (κ2) is 3.70. The van der Waals surface area contributed by atoms with E-state index in [1.54, 1.807) is 11.3 Å². The molecule has 1 aromatic carbocycles. The third-order valence-electron chi connectivity index (χ3n) is 3.03. The smallest absolute Gasteiger partial charge is 0.0379 e. The minimum absolute atomic E-state index is 0.591. The van der Waals surface area contributed by atoms with Crippen molar-refractivity contribution in [2.24, 2.45) is 0 Å². The van der Waals surface area contributed by atoms with Crippen LogP contribution in [0.5, 0.6) is 0 Å². The van der Waals surface area contributed by atoms with Crippen LogP contribution in [-0.2, 0) is 0 Å². The Balaban J connectivity index is 2.06. The summed E-state index contributed by atoms with van der Waals surface area (Å²) in [4.78, 5) is 0. The van der Waals surface area contributed by atoms with E-state index in [1.807, 2.05) is 0 Å². The number of thiophene rings is 1. The molecule has 0 spiro atoms. The van der Waals surface area contributed by atoms with E-state index in [2.05, 4.69) is 46.4 Å². The predicted octanol–water partition coefficient (Wildman–Crippen LogP) is 3.70. The molecule has 2 heteroatoms. The van der Waals surface area contributed by atoms with E-state index in [1.165, 1.54) is 23.2 Å². The fourth-order valence-corrected chi connectivity index (χ4v) is 3.00. The highest BCUT2D eigenvalue weighted by Crippen LogP contribution is 2.36. The van der Waals surface area contributed by atoms with Crippen LogP contribution in [0.3, 0.4) is 0 Å². The van der Waals surface area contributed by atoms with Crippen LogP contribution >= 0.6 is 11.3 Å². The normalized spacial score (nSPS) is 19.3. The molecule has 1 N–H and O–H groups in total. The van der Waals surface area contributed by atoms with Crippen molar-refractivity contribution in [1.82, 2.24) is 0 Å². The molecule has 0 fully saturated rings. The Morgan fingerprint density at radius 1 is 1.20 bits per heavy atom. The van der Waals surface area contributed by atoms with Crippen LogP contribution in [0.1, 0.15) is 23.5 Å². The van der Waals surface area contributed by atoms with E-state index in [0.29, 0.717) is 5.92 Å². The van der Waals surface area contributed by atoms with Crippen molar-refractivity contribution in [3.05, 3.63) is 52.2 Å². The third-order valence-corrected chi connectivity index (χ3v) is 3.73. The minimum atomic E-state index is 0.591. The molecule has 0 amide bonds. The third kappa shape index (κ3) is 1.55. The molecule has 1 aliphatic rings. The summed E-state index contributed by atoms with van der Waals surface area (Å²) in [6, 6.07) is 10.9. The highest BCUT2D eigenvalue weighted by molar-refractivity contribution is 7.08. The van der Waals surface area contributed by atoms with Crippen molar-refractivity contribution in [3.63, 3.8) is 0 Å². The summed E-state index contributed by atoms with van der Waals surface area (Å²) in [5.41, 5.74) is 4.22. The van der Waals surface area contributed by atoms with Gasteiger partial charge in [-0.25, -0.2) is 0 Å². The van der Waals surface area contributed by atoms with Gasteiger partial charge in [0.15, 0.2) is 0 Å². The number of nitrogens with one attached hydrogen (secondary N) is 1. The fraction of sp³-hybridized carbons (Fsp3) is 0.231. The first-order valence-corrected chi connectivity index (χ1v) is 6.24. The summed E-state index contributed by atoms with van der Waals surface area (Å²) in [6.07, 6.45) is 1.20. The molecular weight excluding hydrogens is 202 g/mol. The van der Waals surface area contributed by atoms with Crippen molar-refractivity contribution >= 4 is 17.0 Å². The Bertz CT molecular complexity index is 447. The summed E-state index contributed by atoms with van der Waals surface area (Å²) in [5, 5.41) is 7.90. The molecule has 1 atom stereocenters. The zero-order valence-corrected chi connectivity index (χ0v) is 9.26. The van der Waals surface area contributed by atoms with Gasteiger partial charge in [-0.1, -0.05) is 18.2 Å². The molecule has 0 saturated heterocycles. The van der Waals surface area contributed by atoms with Crippen molar-refractivity contribution in [2.45, 2.75) is 12.3 Å². The highest BCUT2D eigenvalue weighted by Gasteiger charge is 2.20. The van der Waals surface area contributed by atoms with Crippen molar-refractivity contribution < 1.29 is 0 Å². The summed E-state index contributed by atoms with van der Waals surface area (Å²) in [7, 11) is 0. The van der Waals surface area contributed by atoms with Crippen LogP contribution in [0, 0.1) is 0 Å². The average molecular weight is 215 g/mol. The average Bonchev–Trinajstić information content (AvgIpc) is 2.82. The zero-order valence-electron chi connectivity index (χ0n) is 8.44. The molecule has 0 aliphatic carbocycles. The van der Waals surface area contributed by atoms with Gasteiger partial charge in [0, 0.05) is 18.2 Å². The molecule has 2 aromatic rings. The van der Waals surface area contributed by atoms with Crippen LogP contribution < -0.4 is 5.32 Å². The van der Waals surface area contributed by atoms with Crippen LogP contribution in [0.25, 0.3) is 0 Å². The van der Waals surface area contributed by atoms with E-state index in [0.717, 1.165) is 6.54 Å². The molecule has 0 radical (unpaired) electrons. The van der Waals surface area contributed by atoms with Gasteiger partial charge in [0.25, 0.3) is 0 Å². The van der Waals surface area contributed by atoms with Crippen molar-refractivity contribution in [2.75, 3.05) is 11.9 Å². The minimum Gasteiger partial charge on any atom is -0.385 e. The Morgan fingerprint density at radius 2 is 2.13 bits per heavy atom. The molecule has 0 saturated carbocycles. The van der Waals surface area contributed by atoms with Crippen LogP contribution in [0.2, 0.25) is 0 Å². The first-order valence-electron chi connectivity index (χ1n) is 5.30. The van der Waals surface area contributed by atoms with Crippen molar-refractivity contribution in [3.8, 4) is 0 Å². The van der Waals surface area contributed by atoms with E-state index < -0.39 is 0 Å². The Morgan fingerprint density at radius 3 is 3.00 bits per heavy atom. The highest BCUT2D eigenvalue weighted by atomic mass is 32.1. The second-order valence-electron chi connectivity index (χ2n) is 3.91. The molecule has 2 heterocycles. The lowest BCUT2D eigenvalue weighted by molar-refractivity contribution is 0.722. The van der Waals surface area contributed by atoms with Gasteiger partial charge < -0.3 is 5.32 Å². The number of para-hydroxylation sites is 1. The lowest BCUT2D eigenvalue weighted by Crippen LogP contribution is -2.16. The molecule has 3 rings (SSSR count). The summed E-state index contributed by atoms with van der Waals surface area (Å²) in [5.74, 6) is 0.591. The van der Waals surface area contributed by atoms with Crippen LogP contribution in [-0.4, -0.2) is 6.54 Å². The van der Waals surface area contributed by atoms with Gasteiger partial charge in [0.1, 0.15) is 0 Å². The zero-order chi connectivity index (χ0) is 10.1. The number of hydrogen-bond donors (Lipinski definition) is 1. The lowest BCUT2D eigenvalue weighted by atomic mass is 9.87. The van der Waals surface area contributed by atoms with Gasteiger partial charge in [0.05, 0.1) is 0 Å². The first-order chi connectivity index (χ1) is 7.45. The quantitative estimate of drug-likeness (QED) is 0.765. The predicted molar refractivity (Wildman–Crippen MR) is 65.7 cm³/mol. The monoisotopic (exact) mass is 215 g/mol. The maximum Gasteiger partial charge on any atom is 0.0379 e. The summed E-state index contributed by atoms with van der Waals surface area (Å²) >= 11 is 1.79. The molecular formula is C13H13NS. The van der Waals surface area contributed by atoms with E-state index in [4.69, 9.17) is 0 Å². The van der Waals surface area contributed by atoms with Gasteiger partial charge in [0.2, 0.25) is 0 Å². The molecule has 1 nitrogen and oxygen atoms in total. The number of fused-ring (bicyclic) bond motifs is 1. The van der Waals surface area contributed by atoms with Gasteiger partial charge >= 0.3 is 0 Å². The SMILES string of the molecule is c1ccc2c(c1)NCCC2c1ccsc1. The van der Waals surface area contributed by atoms with Gasteiger partial charge in [-0.3, -0.25) is 0 Å². The Labute approximate surface area is 93.8 Å². The maximum atomic E-state index is 3.46. The van der Waals surface area contributed by atoms with E-state index >= 15 is 0 Å². The molecule has 1 aromatic heterocycles. The number of benzene rings is 1. The molecule has 76 valence electrons. The van der Waals surface area contributed by atoms with Gasteiger partial charge in [-0.2, -0.15) is 11.3 Å². The summed E-state index contributed by atoms with van der Waals surface area (Å²) in [6.45, 7) is 1.08. The van der Waals surface area contributed by atoms with Crippen LogP contribution in [0.4, 0.5) is 5.69 Å². The lowest BCUT2D eigenvalue weighted by Gasteiger charge is -2.26. The maximum absolute atomic E-state index is 3.46. The summed E-state index contributed by atoms with van der Waals surface area (Å²) < 4.78 is 0. The Hall–Kier alpha value is -1.28.